The van der Waals surface area contributed by atoms with E-state index in [2.05, 4.69) is 28.6 Å². The molecule has 0 spiro atoms. The molecule has 1 aromatic rings. The van der Waals surface area contributed by atoms with Crippen LogP contribution in [0.25, 0.3) is 0 Å². The van der Waals surface area contributed by atoms with Gasteiger partial charge in [-0.25, -0.2) is 0 Å². The molecule has 0 saturated carbocycles. The fourth-order valence-corrected chi connectivity index (χ4v) is 2.31. The first-order chi connectivity index (χ1) is 7.31. The zero-order valence-electron chi connectivity index (χ0n) is 9.58. The van der Waals surface area contributed by atoms with Gasteiger partial charge in [-0.05, 0) is 38.1 Å². The predicted molar refractivity (Wildman–Crippen MR) is 62.4 cm³/mol. The maximum atomic E-state index is 5.66. The van der Waals surface area contributed by atoms with Gasteiger partial charge in [-0.15, -0.1) is 0 Å². The minimum absolute atomic E-state index is 0.635. The van der Waals surface area contributed by atoms with Crippen LogP contribution in [0.15, 0.2) is 12.1 Å². The van der Waals surface area contributed by atoms with E-state index in [1.807, 2.05) is 0 Å². The Labute approximate surface area is 91.9 Å². The summed E-state index contributed by atoms with van der Waals surface area (Å²) in [5, 5.41) is 0. The summed E-state index contributed by atoms with van der Waals surface area (Å²) in [6.07, 6.45) is 4.11. The van der Waals surface area contributed by atoms with E-state index < -0.39 is 0 Å². The quantitative estimate of drug-likeness (QED) is 0.814. The van der Waals surface area contributed by atoms with Gasteiger partial charge in [0.2, 0.25) is 0 Å². The molecule has 0 amide bonds. The first-order valence-corrected chi connectivity index (χ1v) is 5.87. The van der Waals surface area contributed by atoms with E-state index in [4.69, 9.17) is 5.73 Å². The van der Waals surface area contributed by atoms with Gasteiger partial charge < -0.3 is 10.3 Å². The lowest BCUT2D eigenvalue weighted by Gasteiger charge is -2.26. The van der Waals surface area contributed by atoms with Crippen molar-refractivity contribution >= 4 is 0 Å². The standard InChI is InChI=1S/C12H21N3/c1-14-11(9-13)5-6-12(14)10-15-7-3-2-4-8-15/h5-6H,2-4,7-10,13H2,1H3. The summed E-state index contributed by atoms with van der Waals surface area (Å²) in [6.45, 7) is 4.22. The fraction of sp³-hybridized carbons (Fsp3) is 0.667. The van der Waals surface area contributed by atoms with Crippen molar-refractivity contribution in [3.8, 4) is 0 Å². The van der Waals surface area contributed by atoms with E-state index in [9.17, 15) is 0 Å². The van der Waals surface area contributed by atoms with E-state index in [-0.39, 0.29) is 0 Å². The highest BCUT2D eigenvalue weighted by Gasteiger charge is 2.12. The number of likely N-dealkylation sites (tertiary alicyclic amines) is 1. The third-order valence-corrected chi connectivity index (χ3v) is 3.37. The highest BCUT2D eigenvalue weighted by Crippen LogP contribution is 2.14. The van der Waals surface area contributed by atoms with Gasteiger partial charge in [-0.1, -0.05) is 6.42 Å². The van der Waals surface area contributed by atoms with Crippen LogP contribution in [-0.2, 0) is 20.1 Å². The summed E-state index contributed by atoms with van der Waals surface area (Å²) in [4.78, 5) is 2.54. The Balaban J connectivity index is 2.00. The smallest absolute Gasteiger partial charge is 0.0387 e. The van der Waals surface area contributed by atoms with Crippen molar-refractivity contribution in [1.29, 1.82) is 0 Å². The number of hydrogen-bond acceptors (Lipinski definition) is 2. The predicted octanol–water partition coefficient (Wildman–Crippen LogP) is 1.47. The molecule has 0 unspecified atom stereocenters. The molecular weight excluding hydrogens is 186 g/mol. The molecule has 1 aliphatic heterocycles. The summed E-state index contributed by atoms with van der Waals surface area (Å²) in [6, 6.07) is 4.34. The minimum atomic E-state index is 0.635. The van der Waals surface area contributed by atoms with E-state index >= 15 is 0 Å². The van der Waals surface area contributed by atoms with Crippen LogP contribution in [0, 0.1) is 0 Å². The van der Waals surface area contributed by atoms with Crippen molar-refractivity contribution in [2.24, 2.45) is 12.8 Å². The number of aromatic nitrogens is 1. The largest absolute Gasteiger partial charge is 0.349 e. The molecule has 0 atom stereocenters. The average molecular weight is 207 g/mol. The normalized spacial score (nSPS) is 18.3. The topological polar surface area (TPSA) is 34.2 Å². The molecule has 0 radical (unpaired) electrons. The second-order valence-electron chi connectivity index (χ2n) is 4.42. The summed E-state index contributed by atoms with van der Waals surface area (Å²) >= 11 is 0. The summed E-state index contributed by atoms with van der Waals surface area (Å²) in [7, 11) is 2.11. The SMILES string of the molecule is Cn1c(CN)ccc1CN1CCCCC1. The summed E-state index contributed by atoms with van der Waals surface area (Å²) < 4.78 is 2.23. The molecule has 0 bridgehead atoms. The number of hydrogen-bond donors (Lipinski definition) is 1. The van der Waals surface area contributed by atoms with Crippen LogP contribution in [0.3, 0.4) is 0 Å². The molecule has 1 saturated heterocycles. The van der Waals surface area contributed by atoms with Gasteiger partial charge in [-0.3, -0.25) is 4.90 Å². The lowest BCUT2D eigenvalue weighted by molar-refractivity contribution is 0.216. The van der Waals surface area contributed by atoms with Crippen molar-refractivity contribution in [3.63, 3.8) is 0 Å². The second-order valence-corrected chi connectivity index (χ2v) is 4.42. The third-order valence-electron chi connectivity index (χ3n) is 3.37. The average Bonchev–Trinajstić information content (AvgIpc) is 2.62. The Bertz CT molecular complexity index is 311. The van der Waals surface area contributed by atoms with E-state index in [1.54, 1.807) is 0 Å². The van der Waals surface area contributed by atoms with Gasteiger partial charge in [0.25, 0.3) is 0 Å². The Kier molecular flexibility index (Phi) is 3.44. The van der Waals surface area contributed by atoms with Crippen LogP contribution in [0.2, 0.25) is 0 Å². The van der Waals surface area contributed by atoms with Crippen molar-refractivity contribution in [2.45, 2.75) is 32.4 Å². The molecule has 0 aliphatic carbocycles. The molecule has 1 aromatic heterocycles. The summed E-state index contributed by atoms with van der Waals surface area (Å²) in [5.74, 6) is 0. The van der Waals surface area contributed by atoms with Crippen LogP contribution in [0.5, 0.6) is 0 Å². The molecule has 15 heavy (non-hydrogen) atoms. The van der Waals surface area contributed by atoms with Crippen molar-refractivity contribution in [2.75, 3.05) is 13.1 Å². The third kappa shape index (κ3) is 2.41. The van der Waals surface area contributed by atoms with Crippen LogP contribution in [0.4, 0.5) is 0 Å². The highest BCUT2D eigenvalue weighted by molar-refractivity contribution is 5.15. The van der Waals surface area contributed by atoms with E-state index in [0.717, 1.165) is 6.54 Å². The van der Waals surface area contributed by atoms with Crippen LogP contribution >= 0.6 is 0 Å². The fourth-order valence-electron chi connectivity index (χ4n) is 2.31. The van der Waals surface area contributed by atoms with Crippen LogP contribution in [0.1, 0.15) is 30.7 Å². The molecule has 2 rings (SSSR count). The molecule has 2 N–H and O–H groups in total. The van der Waals surface area contributed by atoms with Crippen molar-refractivity contribution < 1.29 is 0 Å². The zero-order valence-corrected chi connectivity index (χ0v) is 9.58. The first-order valence-electron chi connectivity index (χ1n) is 5.87. The van der Waals surface area contributed by atoms with E-state index in [1.165, 1.54) is 43.7 Å². The Morgan fingerprint density at radius 1 is 1.13 bits per heavy atom. The monoisotopic (exact) mass is 207 g/mol. The molecule has 0 aromatic carbocycles. The van der Waals surface area contributed by atoms with Crippen LogP contribution in [-0.4, -0.2) is 22.6 Å². The van der Waals surface area contributed by atoms with Gasteiger partial charge in [-0.2, -0.15) is 0 Å². The number of nitrogens with zero attached hydrogens (tertiary/aromatic N) is 2. The zero-order chi connectivity index (χ0) is 10.7. The first kappa shape index (κ1) is 10.7. The molecule has 2 heterocycles. The maximum absolute atomic E-state index is 5.66. The number of piperidine rings is 1. The Hall–Kier alpha value is -0.800. The molecule has 84 valence electrons. The van der Waals surface area contributed by atoms with E-state index in [0.29, 0.717) is 6.54 Å². The Morgan fingerprint density at radius 3 is 2.40 bits per heavy atom. The summed E-state index contributed by atoms with van der Waals surface area (Å²) in [5.41, 5.74) is 8.27. The van der Waals surface area contributed by atoms with Gasteiger partial charge in [0.15, 0.2) is 0 Å². The van der Waals surface area contributed by atoms with Crippen LogP contribution < -0.4 is 5.73 Å². The molecule has 1 aliphatic rings. The minimum Gasteiger partial charge on any atom is -0.349 e. The molecular formula is C12H21N3. The molecule has 3 nitrogen and oxygen atoms in total. The number of rotatable bonds is 3. The maximum Gasteiger partial charge on any atom is 0.0387 e. The molecule has 3 heteroatoms. The second kappa shape index (κ2) is 4.81. The highest BCUT2D eigenvalue weighted by atomic mass is 15.1. The van der Waals surface area contributed by atoms with Gasteiger partial charge in [0, 0.05) is 31.5 Å². The van der Waals surface area contributed by atoms with Crippen molar-refractivity contribution in [1.82, 2.24) is 9.47 Å². The number of nitrogens with two attached hydrogens (primary N) is 1. The van der Waals surface area contributed by atoms with Gasteiger partial charge >= 0.3 is 0 Å². The Morgan fingerprint density at radius 2 is 1.80 bits per heavy atom. The van der Waals surface area contributed by atoms with Gasteiger partial charge in [0.1, 0.15) is 0 Å². The van der Waals surface area contributed by atoms with Crippen molar-refractivity contribution in [3.05, 3.63) is 23.5 Å². The van der Waals surface area contributed by atoms with Gasteiger partial charge in [0.05, 0.1) is 0 Å². The lowest BCUT2D eigenvalue weighted by atomic mass is 10.1. The lowest BCUT2D eigenvalue weighted by Crippen LogP contribution is -2.30. The molecule has 1 fully saturated rings.